The van der Waals surface area contributed by atoms with Gasteiger partial charge in [-0.3, -0.25) is 10.1 Å². The van der Waals surface area contributed by atoms with Crippen molar-refractivity contribution >= 4 is 33.3 Å². The third-order valence-corrected chi connectivity index (χ3v) is 4.84. The number of hydrogen-bond donors (Lipinski definition) is 1. The van der Waals surface area contributed by atoms with Crippen molar-refractivity contribution in [2.45, 2.75) is 11.8 Å². The maximum atomic E-state index is 11.0. The van der Waals surface area contributed by atoms with Gasteiger partial charge in [-0.15, -0.1) is 11.8 Å². The molecule has 0 spiro atoms. The van der Waals surface area contributed by atoms with Gasteiger partial charge in [0.05, 0.1) is 16.2 Å². The van der Waals surface area contributed by atoms with Crippen molar-refractivity contribution in [2.24, 2.45) is 0 Å². The molecule has 0 aliphatic heterocycles. The van der Waals surface area contributed by atoms with Crippen LogP contribution in [-0.2, 0) is 9.84 Å². The summed E-state index contributed by atoms with van der Waals surface area (Å²) < 4.78 is 22.1. The number of benzene rings is 1. The Morgan fingerprint density at radius 1 is 1.45 bits per heavy atom. The first-order valence-corrected chi connectivity index (χ1v) is 8.49. The third-order valence-electron chi connectivity index (χ3n) is 2.49. The van der Waals surface area contributed by atoms with Crippen molar-refractivity contribution < 1.29 is 23.2 Å². The van der Waals surface area contributed by atoms with Crippen LogP contribution in [0.5, 0.6) is 0 Å². The zero-order valence-electron chi connectivity index (χ0n) is 10.8. The van der Waals surface area contributed by atoms with E-state index in [1.54, 1.807) is 0 Å². The normalized spacial score (nSPS) is 11.3. The highest BCUT2D eigenvalue weighted by Gasteiger charge is 2.19. The van der Waals surface area contributed by atoms with E-state index in [4.69, 9.17) is 5.11 Å². The van der Waals surface area contributed by atoms with E-state index < -0.39 is 20.7 Å². The molecule has 9 heteroatoms. The fourth-order valence-electron chi connectivity index (χ4n) is 1.44. The number of carbonyl (C=O) groups is 1. The van der Waals surface area contributed by atoms with Gasteiger partial charge in [0.15, 0.2) is 0 Å². The van der Waals surface area contributed by atoms with Gasteiger partial charge in [-0.25, -0.2) is 13.2 Å². The quantitative estimate of drug-likeness (QED) is 0.482. The molecule has 1 aromatic carbocycles. The number of aromatic carboxylic acids is 1. The van der Waals surface area contributed by atoms with Crippen LogP contribution in [0.4, 0.5) is 5.69 Å². The van der Waals surface area contributed by atoms with Crippen LogP contribution in [0.3, 0.4) is 0 Å². The van der Waals surface area contributed by atoms with E-state index in [0.717, 1.165) is 24.1 Å². The van der Waals surface area contributed by atoms with Gasteiger partial charge in [0, 0.05) is 28.5 Å². The second-order valence-corrected chi connectivity index (χ2v) is 7.56. The molecule has 0 aromatic heterocycles. The zero-order chi connectivity index (χ0) is 15.5. The van der Waals surface area contributed by atoms with Crippen LogP contribution in [0.25, 0.3) is 0 Å². The predicted octanol–water partition coefficient (Wildman–Crippen LogP) is 1.74. The Labute approximate surface area is 120 Å². The first-order valence-electron chi connectivity index (χ1n) is 5.44. The van der Waals surface area contributed by atoms with E-state index in [1.165, 1.54) is 13.0 Å². The van der Waals surface area contributed by atoms with E-state index in [0.29, 0.717) is 10.5 Å². The molecule has 1 rings (SSSR count). The Hall–Kier alpha value is -1.61. The highest BCUT2D eigenvalue weighted by molar-refractivity contribution is 8.00. The fourth-order valence-corrected chi connectivity index (χ4v) is 3.73. The van der Waals surface area contributed by atoms with E-state index >= 15 is 0 Å². The Morgan fingerprint density at radius 3 is 2.50 bits per heavy atom. The summed E-state index contributed by atoms with van der Waals surface area (Å²) in [4.78, 5) is 21.6. The minimum atomic E-state index is -3.13. The van der Waals surface area contributed by atoms with Crippen molar-refractivity contribution in [3.63, 3.8) is 0 Å². The number of nitro benzene ring substituents is 1. The van der Waals surface area contributed by atoms with E-state index in [-0.39, 0.29) is 22.8 Å². The topological polar surface area (TPSA) is 115 Å². The molecular formula is C11H13NO6S2. The molecule has 0 aliphatic rings. The summed E-state index contributed by atoms with van der Waals surface area (Å²) in [6.45, 7) is 1.51. The van der Waals surface area contributed by atoms with Crippen LogP contribution >= 0.6 is 11.8 Å². The second-order valence-electron chi connectivity index (χ2n) is 4.16. The van der Waals surface area contributed by atoms with Crippen molar-refractivity contribution in [1.82, 2.24) is 0 Å². The van der Waals surface area contributed by atoms with Crippen LogP contribution in [0, 0.1) is 17.0 Å². The molecule has 1 aromatic rings. The molecule has 20 heavy (non-hydrogen) atoms. The van der Waals surface area contributed by atoms with Gasteiger partial charge in [-0.05, 0) is 13.0 Å². The smallest absolute Gasteiger partial charge is 0.335 e. The molecule has 7 nitrogen and oxygen atoms in total. The summed E-state index contributed by atoms with van der Waals surface area (Å²) in [5.41, 5.74) is -0.144. The van der Waals surface area contributed by atoms with Crippen molar-refractivity contribution in [3.05, 3.63) is 33.4 Å². The molecule has 0 saturated carbocycles. The summed E-state index contributed by atoms with van der Waals surface area (Å²) in [5.74, 6) is -1.14. The van der Waals surface area contributed by atoms with Gasteiger partial charge in [-0.1, -0.05) is 0 Å². The number of hydrogen-bond acceptors (Lipinski definition) is 6. The largest absolute Gasteiger partial charge is 0.478 e. The summed E-state index contributed by atoms with van der Waals surface area (Å²) in [6, 6.07) is 2.32. The SMILES string of the molecule is Cc1c(SCCS(C)(=O)=O)cc(C(=O)O)cc1[N+](=O)[O-]. The van der Waals surface area contributed by atoms with Gasteiger partial charge in [0.25, 0.3) is 5.69 Å². The number of thioether (sulfide) groups is 1. The minimum absolute atomic E-state index is 0.0811. The minimum Gasteiger partial charge on any atom is -0.478 e. The molecule has 0 atom stereocenters. The highest BCUT2D eigenvalue weighted by Crippen LogP contribution is 2.31. The summed E-state index contributed by atoms with van der Waals surface area (Å²) >= 11 is 1.09. The van der Waals surface area contributed by atoms with Crippen molar-refractivity contribution in [1.29, 1.82) is 0 Å². The van der Waals surface area contributed by atoms with Gasteiger partial charge in [0.1, 0.15) is 9.84 Å². The molecule has 0 bridgehead atoms. The van der Waals surface area contributed by atoms with Crippen LogP contribution in [0.15, 0.2) is 17.0 Å². The van der Waals surface area contributed by atoms with Crippen LogP contribution in [0.1, 0.15) is 15.9 Å². The Bertz CT molecular complexity index is 653. The summed E-state index contributed by atoms with van der Waals surface area (Å²) in [6.07, 6.45) is 1.09. The molecule has 0 radical (unpaired) electrons. The molecule has 0 unspecified atom stereocenters. The van der Waals surface area contributed by atoms with Crippen molar-refractivity contribution in [2.75, 3.05) is 17.8 Å². The first-order chi connectivity index (χ1) is 9.11. The Kier molecular flexibility index (Phi) is 5.12. The van der Waals surface area contributed by atoms with Gasteiger partial charge in [-0.2, -0.15) is 0 Å². The number of nitro groups is 1. The lowest BCUT2D eigenvalue weighted by atomic mass is 10.1. The highest BCUT2D eigenvalue weighted by atomic mass is 32.2. The van der Waals surface area contributed by atoms with Gasteiger partial charge in [0.2, 0.25) is 0 Å². The molecule has 0 aliphatic carbocycles. The van der Waals surface area contributed by atoms with E-state index in [2.05, 4.69) is 0 Å². The van der Waals surface area contributed by atoms with Crippen molar-refractivity contribution in [3.8, 4) is 0 Å². The number of nitrogens with zero attached hydrogens (tertiary/aromatic N) is 1. The second kappa shape index (κ2) is 6.23. The number of rotatable bonds is 6. The van der Waals surface area contributed by atoms with Crippen LogP contribution < -0.4 is 0 Å². The predicted molar refractivity (Wildman–Crippen MR) is 75.2 cm³/mol. The van der Waals surface area contributed by atoms with E-state index in [9.17, 15) is 23.3 Å². The lowest BCUT2D eigenvalue weighted by Gasteiger charge is -2.07. The lowest BCUT2D eigenvalue weighted by molar-refractivity contribution is -0.385. The molecule has 0 saturated heterocycles. The monoisotopic (exact) mass is 319 g/mol. The average molecular weight is 319 g/mol. The fraction of sp³-hybridized carbons (Fsp3) is 0.364. The van der Waals surface area contributed by atoms with Gasteiger partial charge < -0.3 is 5.11 Å². The molecule has 1 N–H and O–H groups in total. The summed E-state index contributed by atoms with van der Waals surface area (Å²) in [7, 11) is -3.13. The van der Waals surface area contributed by atoms with Gasteiger partial charge >= 0.3 is 5.97 Å². The van der Waals surface area contributed by atoms with E-state index in [1.807, 2.05) is 0 Å². The van der Waals surface area contributed by atoms with Crippen LogP contribution in [-0.4, -0.2) is 42.2 Å². The summed E-state index contributed by atoms with van der Waals surface area (Å²) in [5, 5.41) is 19.8. The lowest BCUT2D eigenvalue weighted by Crippen LogP contribution is -2.06. The molecular weight excluding hydrogens is 306 g/mol. The average Bonchev–Trinajstić information content (AvgIpc) is 2.28. The third kappa shape index (κ3) is 4.49. The number of sulfone groups is 1. The molecule has 0 heterocycles. The molecule has 0 amide bonds. The number of carboxylic acid groups (broad SMARTS) is 1. The first kappa shape index (κ1) is 16.4. The van der Waals surface area contributed by atoms with Crippen LogP contribution in [0.2, 0.25) is 0 Å². The standard InChI is InChI=1S/C11H13NO6S2/c1-7-9(12(15)16)5-8(11(13)14)6-10(7)19-3-4-20(2,17)18/h5-6H,3-4H2,1-2H3,(H,13,14). The zero-order valence-corrected chi connectivity index (χ0v) is 12.5. The molecule has 110 valence electrons. The maximum absolute atomic E-state index is 11.0. The Morgan fingerprint density at radius 2 is 2.05 bits per heavy atom. The Balaban J connectivity index is 3.11. The molecule has 0 fully saturated rings. The maximum Gasteiger partial charge on any atom is 0.335 e. The number of carboxylic acids is 1.